The molecule has 6 nitrogen and oxygen atoms in total. The van der Waals surface area contributed by atoms with Gasteiger partial charge in [0.2, 0.25) is 5.91 Å². The predicted octanol–water partition coefficient (Wildman–Crippen LogP) is 5.10. The Bertz CT molecular complexity index is 1260. The van der Waals surface area contributed by atoms with Crippen molar-refractivity contribution in [2.75, 3.05) is 0 Å². The van der Waals surface area contributed by atoms with Crippen LogP contribution >= 0.6 is 0 Å². The number of aryl methyl sites for hydroxylation is 1. The number of phenolic OH excluding ortho intramolecular Hbond substituents is 1. The van der Waals surface area contributed by atoms with Gasteiger partial charge in [-0.15, -0.1) is 0 Å². The smallest absolute Gasteiger partial charge is 0.259 e. The summed E-state index contributed by atoms with van der Waals surface area (Å²) in [5.41, 5.74) is 9.19. The van der Waals surface area contributed by atoms with Crippen molar-refractivity contribution < 1.29 is 19.1 Å². The molecule has 3 atom stereocenters. The van der Waals surface area contributed by atoms with Crippen LogP contribution in [0.15, 0.2) is 54.9 Å². The third kappa shape index (κ3) is 4.63. The van der Waals surface area contributed by atoms with Crippen LogP contribution in [-0.4, -0.2) is 26.8 Å². The quantitative estimate of drug-likeness (QED) is 0.497. The molecule has 0 bridgehead atoms. The molecule has 7 heteroatoms. The van der Waals surface area contributed by atoms with Gasteiger partial charge < -0.3 is 15.7 Å². The second kappa shape index (κ2) is 9.86. The van der Waals surface area contributed by atoms with Crippen molar-refractivity contribution in [1.29, 1.82) is 0 Å². The zero-order chi connectivity index (χ0) is 25.3. The normalized spacial score (nSPS) is 16.4. The van der Waals surface area contributed by atoms with Crippen LogP contribution in [0.4, 0.5) is 4.39 Å². The van der Waals surface area contributed by atoms with Gasteiger partial charge >= 0.3 is 0 Å². The van der Waals surface area contributed by atoms with Crippen molar-refractivity contribution in [3.05, 3.63) is 94.1 Å². The molecule has 3 aromatic rings. The van der Waals surface area contributed by atoms with E-state index in [9.17, 15) is 19.1 Å². The number of primary amides is 1. The third-order valence-corrected chi connectivity index (χ3v) is 6.95. The van der Waals surface area contributed by atoms with E-state index in [0.717, 1.165) is 17.5 Å². The molecular weight excluding hydrogens is 445 g/mol. The number of carbonyl (C=O) groups excluding carboxylic acids is 2. The van der Waals surface area contributed by atoms with Crippen LogP contribution in [-0.2, 0) is 11.2 Å². The van der Waals surface area contributed by atoms with E-state index in [1.54, 1.807) is 37.4 Å². The second-order valence-corrected chi connectivity index (χ2v) is 9.26. The SMILES string of the molecule is CCC(C)c1ccc(C(=O)N([C@@H]2CCc3c(F)cc(C)cc32)[C@@H](C(N)=O)c2cccnc2)c(O)c1. The average Bonchev–Trinajstić information content (AvgIpc) is 3.25. The molecule has 1 heterocycles. The Morgan fingerprint density at radius 3 is 2.63 bits per heavy atom. The monoisotopic (exact) mass is 475 g/mol. The number of halogens is 1. The number of nitrogens with zero attached hydrogens (tertiary/aromatic N) is 2. The van der Waals surface area contributed by atoms with Gasteiger partial charge in [0.15, 0.2) is 0 Å². The molecule has 2 amide bonds. The summed E-state index contributed by atoms with van der Waals surface area (Å²) in [5, 5.41) is 10.8. The van der Waals surface area contributed by atoms with Crippen molar-refractivity contribution in [2.24, 2.45) is 5.73 Å². The van der Waals surface area contributed by atoms with Crippen LogP contribution < -0.4 is 5.73 Å². The van der Waals surface area contributed by atoms with E-state index >= 15 is 0 Å². The zero-order valence-corrected chi connectivity index (χ0v) is 20.2. The summed E-state index contributed by atoms with van der Waals surface area (Å²) in [4.78, 5) is 32.4. The highest BCUT2D eigenvalue weighted by atomic mass is 19.1. The number of amides is 2. The average molecular weight is 476 g/mol. The molecule has 2 aromatic carbocycles. The lowest BCUT2D eigenvalue weighted by Gasteiger charge is -2.36. The van der Waals surface area contributed by atoms with E-state index in [0.29, 0.717) is 29.5 Å². The number of pyridine rings is 1. The van der Waals surface area contributed by atoms with Crippen LogP contribution in [0.2, 0.25) is 0 Å². The zero-order valence-electron chi connectivity index (χ0n) is 20.2. The molecule has 0 spiro atoms. The van der Waals surface area contributed by atoms with E-state index in [4.69, 9.17) is 5.73 Å². The number of fused-ring (bicyclic) bond motifs is 1. The third-order valence-electron chi connectivity index (χ3n) is 6.95. The largest absolute Gasteiger partial charge is 0.507 e. The Balaban J connectivity index is 1.87. The van der Waals surface area contributed by atoms with Gasteiger partial charge in [-0.05, 0) is 78.6 Å². The van der Waals surface area contributed by atoms with Crippen LogP contribution in [0, 0.1) is 12.7 Å². The topological polar surface area (TPSA) is 96.5 Å². The highest BCUT2D eigenvalue weighted by molar-refractivity contribution is 6.00. The molecule has 1 aromatic heterocycles. The lowest BCUT2D eigenvalue weighted by atomic mass is 9.95. The first-order valence-electron chi connectivity index (χ1n) is 11.9. The molecule has 4 rings (SSSR count). The van der Waals surface area contributed by atoms with Gasteiger partial charge in [-0.1, -0.05) is 32.0 Å². The van der Waals surface area contributed by atoms with E-state index in [1.165, 1.54) is 17.2 Å². The molecule has 1 aliphatic carbocycles. The molecule has 1 aliphatic rings. The number of aromatic nitrogens is 1. The molecular formula is C28H30FN3O3. The Labute approximate surface area is 204 Å². The van der Waals surface area contributed by atoms with E-state index in [1.807, 2.05) is 26.0 Å². The van der Waals surface area contributed by atoms with E-state index in [2.05, 4.69) is 4.98 Å². The fraction of sp³-hybridized carbons (Fsp3) is 0.321. The highest BCUT2D eigenvalue weighted by Gasteiger charge is 2.41. The van der Waals surface area contributed by atoms with Crippen LogP contribution in [0.5, 0.6) is 5.75 Å². The minimum Gasteiger partial charge on any atom is -0.507 e. The number of benzene rings is 2. The Kier molecular flexibility index (Phi) is 6.87. The van der Waals surface area contributed by atoms with E-state index < -0.39 is 23.9 Å². The maximum Gasteiger partial charge on any atom is 0.259 e. The first-order chi connectivity index (χ1) is 16.7. The highest BCUT2D eigenvalue weighted by Crippen LogP contribution is 2.43. The molecule has 0 radical (unpaired) electrons. The van der Waals surface area contributed by atoms with Gasteiger partial charge in [0.05, 0.1) is 11.6 Å². The van der Waals surface area contributed by atoms with Gasteiger partial charge in [0, 0.05) is 18.0 Å². The predicted molar refractivity (Wildman–Crippen MR) is 131 cm³/mol. The minimum absolute atomic E-state index is 0.0637. The Morgan fingerprint density at radius 2 is 2.00 bits per heavy atom. The Morgan fingerprint density at radius 1 is 1.23 bits per heavy atom. The maximum atomic E-state index is 14.8. The number of hydrogen-bond acceptors (Lipinski definition) is 4. The van der Waals surface area contributed by atoms with Crippen molar-refractivity contribution >= 4 is 11.8 Å². The van der Waals surface area contributed by atoms with Crippen molar-refractivity contribution in [3.8, 4) is 5.75 Å². The second-order valence-electron chi connectivity index (χ2n) is 9.26. The van der Waals surface area contributed by atoms with Crippen LogP contribution in [0.1, 0.15) is 82.9 Å². The molecule has 1 unspecified atom stereocenters. The van der Waals surface area contributed by atoms with Crippen LogP contribution in [0.25, 0.3) is 0 Å². The summed E-state index contributed by atoms with van der Waals surface area (Å²) < 4.78 is 14.8. The maximum absolute atomic E-state index is 14.8. The summed E-state index contributed by atoms with van der Waals surface area (Å²) >= 11 is 0. The summed E-state index contributed by atoms with van der Waals surface area (Å²) in [6.07, 6.45) is 4.79. The lowest BCUT2D eigenvalue weighted by molar-refractivity contribution is -0.123. The number of phenols is 1. The number of carbonyl (C=O) groups is 2. The summed E-state index contributed by atoms with van der Waals surface area (Å²) in [7, 11) is 0. The molecule has 0 fully saturated rings. The molecule has 0 saturated heterocycles. The van der Waals surface area contributed by atoms with Crippen molar-refractivity contribution in [3.63, 3.8) is 0 Å². The fourth-order valence-corrected chi connectivity index (χ4v) is 4.93. The van der Waals surface area contributed by atoms with Crippen LogP contribution in [0.3, 0.4) is 0 Å². The number of aromatic hydroxyl groups is 1. The van der Waals surface area contributed by atoms with Gasteiger partial charge in [-0.25, -0.2) is 4.39 Å². The molecule has 35 heavy (non-hydrogen) atoms. The number of rotatable bonds is 7. The summed E-state index contributed by atoms with van der Waals surface area (Å²) in [5.74, 6) is -1.56. The number of nitrogens with two attached hydrogens (primary N) is 1. The van der Waals surface area contributed by atoms with Crippen molar-refractivity contribution in [1.82, 2.24) is 9.88 Å². The molecule has 0 saturated carbocycles. The van der Waals surface area contributed by atoms with Gasteiger partial charge in [-0.2, -0.15) is 0 Å². The summed E-state index contributed by atoms with van der Waals surface area (Å²) in [6.45, 7) is 5.88. The lowest BCUT2D eigenvalue weighted by Crippen LogP contribution is -2.43. The van der Waals surface area contributed by atoms with Gasteiger partial charge in [0.25, 0.3) is 5.91 Å². The first kappa shape index (κ1) is 24.4. The first-order valence-corrected chi connectivity index (χ1v) is 11.9. The Hall–Kier alpha value is -3.74. The summed E-state index contributed by atoms with van der Waals surface area (Å²) in [6, 6.07) is 9.91. The minimum atomic E-state index is -1.15. The molecule has 3 N–H and O–H groups in total. The van der Waals surface area contributed by atoms with Gasteiger partial charge in [-0.3, -0.25) is 14.6 Å². The van der Waals surface area contributed by atoms with E-state index in [-0.39, 0.29) is 23.0 Å². The number of hydrogen-bond donors (Lipinski definition) is 2. The fourth-order valence-electron chi connectivity index (χ4n) is 4.93. The molecule has 0 aliphatic heterocycles. The van der Waals surface area contributed by atoms with Gasteiger partial charge in [0.1, 0.15) is 17.6 Å². The molecule has 182 valence electrons. The van der Waals surface area contributed by atoms with Crippen molar-refractivity contribution in [2.45, 2.75) is 58.0 Å². The standard InChI is InChI=1S/C28H30FN3O3/c1-4-17(3)18-7-8-21(25(33)14-18)28(35)32(26(27(30)34)19-6-5-11-31-15-19)24-10-9-20-22(24)12-16(2)13-23(20)29/h5-8,11-15,17,24,26,33H,4,9-10H2,1-3H3,(H2,30,34)/t17?,24-,26-/m1/s1.